The van der Waals surface area contributed by atoms with Crippen LogP contribution in [0.25, 0.3) is 0 Å². The van der Waals surface area contributed by atoms with Crippen molar-refractivity contribution in [3.05, 3.63) is 36.0 Å². The number of rotatable bonds is 5. The SMILES string of the molecule is NS(=O)(=O)c1ccc(Nc2ncc(C(F)(F)F)c(OC3CCCCC3O)n2)cc1. The van der Waals surface area contributed by atoms with Gasteiger partial charge >= 0.3 is 6.18 Å². The fourth-order valence-electron chi connectivity index (χ4n) is 2.93. The van der Waals surface area contributed by atoms with Gasteiger partial charge in [0.2, 0.25) is 21.9 Å². The number of aliphatic hydroxyl groups is 1. The maximum absolute atomic E-state index is 13.3. The number of aromatic nitrogens is 2. The molecule has 1 fully saturated rings. The standard InChI is InChI=1S/C17H19F3N4O4S/c18-17(19,20)12-9-22-16(23-10-5-7-11(8-6-10)29(21,26)27)24-15(12)28-14-4-2-1-3-13(14)25/h5-9,13-14,25H,1-4H2,(H2,21,26,27)(H,22,23,24). The van der Waals surface area contributed by atoms with Gasteiger partial charge in [-0.05, 0) is 43.5 Å². The number of benzene rings is 1. The zero-order valence-electron chi connectivity index (χ0n) is 15.1. The van der Waals surface area contributed by atoms with Crippen LogP contribution < -0.4 is 15.2 Å². The average Bonchev–Trinajstić information content (AvgIpc) is 2.62. The first-order valence-corrected chi connectivity index (χ1v) is 10.3. The van der Waals surface area contributed by atoms with Gasteiger partial charge in [-0.1, -0.05) is 6.42 Å². The number of halogens is 3. The number of primary sulfonamides is 1. The second kappa shape index (κ2) is 8.13. The van der Waals surface area contributed by atoms with Crippen molar-refractivity contribution >= 4 is 21.7 Å². The number of hydrogen-bond acceptors (Lipinski definition) is 7. The summed E-state index contributed by atoms with van der Waals surface area (Å²) in [4.78, 5) is 7.35. The summed E-state index contributed by atoms with van der Waals surface area (Å²) in [6.07, 6.45) is -3.43. The van der Waals surface area contributed by atoms with E-state index < -0.39 is 39.9 Å². The number of alkyl halides is 3. The molecule has 1 aliphatic rings. The van der Waals surface area contributed by atoms with Gasteiger partial charge < -0.3 is 15.2 Å². The molecule has 12 heteroatoms. The number of aliphatic hydroxyl groups excluding tert-OH is 1. The fraction of sp³-hybridized carbons (Fsp3) is 0.412. The maximum Gasteiger partial charge on any atom is 0.423 e. The molecular formula is C17H19F3N4O4S. The molecule has 8 nitrogen and oxygen atoms in total. The van der Waals surface area contributed by atoms with Gasteiger partial charge in [0.05, 0.1) is 11.0 Å². The third-order valence-electron chi connectivity index (χ3n) is 4.43. The van der Waals surface area contributed by atoms with Crippen LogP contribution in [0.4, 0.5) is 24.8 Å². The van der Waals surface area contributed by atoms with Crippen LogP contribution in [0.5, 0.6) is 5.88 Å². The van der Waals surface area contributed by atoms with Crippen LogP contribution >= 0.6 is 0 Å². The first-order chi connectivity index (χ1) is 13.5. The van der Waals surface area contributed by atoms with E-state index in [9.17, 15) is 26.7 Å². The largest absolute Gasteiger partial charge is 0.471 e. The van der Waals surface area contributed by atoms with E-state index in [-0.39, 0.29) is 10.8 Å². The predicted molar refractivity (Wildman–Crippen MR) is 97.0 cm³/mol. The van der Waals surface area contributed by atoms with Gasteiger partial charge in [-0.25, -0.2) is 18.5 Å². The Hall–Kier alpha value is -2.44. The minimum atomic E-state index is -4.73. The molecule has 1 saturated carbocycles. The van der Waals surface area contributed by atoms with Gasteiger partial charge in [0.15, 0.2) is 0 Å². The van der Waals surface area contributed by atoms with E-state index in [0.29, 0.717) is 24.7 Å². The van der Waals surface area contributed by atoms with Crippen molar-refractivity contribution in [1.82, 2.24) is 9.97 Å². The monoisotopic (exact) mass is 432 g/mol. The van der Waals surface area contributed by atoms with Gasteiger partial charge in [0, 0.05) is 11.9 Å². The minimum absolute atomic E-state index is 0.119. The Morgan fingerprint density at radius 3 is 2.41 bits per heavy atom. The van der Waals surface area contributed by atoms with E-state index in [0.717, 1.165) is 12.8 Å². The molecule has 2 unspecified atom stereocenters. The lowest BCUT2D eigenvalue weighted by Crippen LogP contribution is -2.35. The first-order valence-electron chi connectivity index (χ1n) is 8.73. The van der Waals surface area contributed by atoms with Crippen molar-refractivity contribution < 1.29 is 31.4 Å². The lowest BCUT2D eigenvalue weighted by Gasteiger charge is -2.28. The molecule has 1 aromatic carbocycles. The van der Waals surface area contributed by atoms with Crippen molar-refractivity contribution in [3.63, 3.8) is 0 Å². The summed E-state index contributed by atoms with van der Waals surface area (Å²) in [7, 11) is -3.87. The molecule has 0 saturated heterocycles. The van der Waals surface area contributed by atoms with Crippen LogP contribution in [-0.4, -0.2) is 35.7 Å². The average molecular weight is 432 g/mol. The van der Waals surface area contributed by atoms with Crippen LogP contribution in [0.15, 0.2) is 35.4 Å². The Morgan fingerprint density at radius 2 is 1.83 bits per heavy atom. The number of nitrogens with two attached hydrogens (primary N) is 1. The summed E-state index contributed by atoms with van der Waals surface area (Å²) in [5.74, 6) is -0.858. The Bertz CT molecular complexity index is 968. The number of ether oxygens (including phenoxy) is 1. The van der Waals surface area contributed by atoms with E-state index in [2.05, 4.69) is 15.3 Å². The van der Waals surface area contributed by atoms with E-state index in [1.807, 2.05) is 0 Å². The lowest BCUT2D eigenvalue weighted by molar-refractivity contribution is -0.140. The number of anilines is 2. The van der Waals surface area contributed by atoms with E-state index in [4.69, 9.17) is 9.88 Å². The van der Waals surface area contributed by atoms with E-state index in [1.54, 1.807) is 0 Å². The normalized spacial score (nSPS) is 20.3. The van der Waals surface area contributed by atoms with Crippen molar-refractivity contribution in [1.29, 1.82) is 0 Å². The summed E-state index contributed by atoms with van der Waals surface area (Å²) in [5.41, 5.74) is -0.814. The highest BCUT2D eigenvalue weighted by atomic mass is 32.2. The molecule has 29 heavy (non-hydrogen) atoms. The number of nitrogens with zero attached hydrogens (tertiary/aromatic N) is 2. The highest BCUT2D eigenvalue weighted by molar-refractivity contribution is 7.89. The summed E-state index contributed by atoms with van der Waals surface area (Å²) in [5, 5.41) is 17.7. The molecular weight excluding hydrogens is 413 g/mol. The molecule has 2 aromatic rings. The second-order valence-corrected chi connectivity index (χ2v) is 8.17. The quantitative estimate of drug-likeness (QED) is 0.663. The summed E-state index contributed by atoms with van der Waals surface area (Å²) < 4.78 is 67.9. The highest BCUT2D eigenvalue weighted by Crippen LogP contribution is 2.37. The molecule has 1 heterocycles. The van der Waals surface area contributed by atoms with Crippen LogP contribution in [0.2, 0.25) is 0 Å². The number of nitrogens with one attached hydrogen (secondary N) is 1. The van der Waals surface area contributed by atoms with Crippen molar-refractivity contribution in [2.75, 3.05) is 5.32 Å². The first kappa shape index (κ1) is 21.3. The molecule has 0 bridgehead atoms. The molecule has 0 amide bonds. The lowest BCUT2D eigenvalue weighted by atomic mass is 9.95. The van der Waals surface area contributed by atoms with Gasteiger partial charge in [0.1, 0.15) is 11.7 Å². The van der Waals surface area contributed by atoms with Gasteiger partial charge in [-0.15, -0.1) is 0 Å². The molecule has 0 radical (unpaired) electrons. The van der Waals surface area contributed by atoms with Crippen LogP contribution in [0.3, 0.4) is 0 Å². The molecule has 0 spiro atoms. The van der Waals surface area contributed by atoms with Crippen LogP contribution in [0.1, 0.15) is 31.2 Å². The Balaban J connectivity index is 1.86. The highest BCUT2D eigenvalue weighted by Gasteiger charge is 2.38. The summed E-state index contributed by atoms with van der Waals surface area (Å²) >= 11 is 0. The van der Waals surface area contributed by atoms with Crippen molar-refractivity contribution in [3.8, 4) is 5.88 Å². The minimum Gasteiger partial charge on any atom is -0.471 e. The zero-order valence-corrected chi connectivity index (χ0v) is 15.9. The number of sulfonamides is 1. The van der Waals surface area contributed by atoms with Crippen molar-refractivity contribution in [2.24, 2.45) is 5.14 Å². The van der Waals surface area contributed by atoms with Gasteiger partial charge in [-0.3, -0.25) is 0 Å². The van der Waals surface area contributed by atoms with Gasteiger partial charge in [-0.2, -0.15) is 18.2 Å². The third-order valence-corrected chi connectivity index (χ3v) is 5.36. The summed E-state index contributed by atoms with van der Waals surface area (Å²) in [6, 6.07) is 5.20. The molecule has 1 aliphatic carbocycles. The molecule has 1 aromatic heterocycles. The number of hydrogen-bond donors (Lipinski definition) is 3. The van der Waals surface area contributed by atoms with Gasteiger partial charge in [0.25, 0.3) is 0 Å². The fourth-order valence-corrected chi connectivity index (χ4v) is 3.44. The molecule has 3 rings (SSSR count). The van der Waals surface area contributed by atoms with Crippen LogP contribution in [0, 0.1) is 0 Å². The maximum atomic E-state index is 13.3. The van der Waals surface area contributed by atoms with Crippen LogP contribution in [-0.2, 0) is 16.2 Å². The smallest absolute Gasteiger partial charge is 0.423 e. The Labute approximate surface area is 165 Å². The molecule has 0 aliphatic heterocycles. The molecule has 4 N–H and O–H groups in total. The second-order valence-electron chi connectivity index (χ2n) is 6.61. The van der Waals surface area contributed by atoms with E-state index >= 15 is 0 Å². The topological polar surface area (TPSA) is 127 Å². The Kier molecular flexibility index (Phi) is 5.96. The third kappa shape index (κ3) is 5.34. The van der Waals surface area contributed by atoms with E-state index in [1.165, 1.54) is 24.3 Å². The predicted octanol–water partition coefficient (Wildman–Crippen LogP) is 2.57. The summed E-state index contributed by atoms with van der Waals surface area (Å²) in [6.45, 7) is 0. The van der Waals surface area contributed by atoms with Crippen molar-refractivity contribution in [2.45, 2.75) is 49.0 Å². The molecule has 158 valence electrons. The Morgan fingerprint density at radius 1 is 1.17 bits per heavy atom. The zero-order chi connectivity index (χ0) is 21.2. The molecule has 2 atom stereocenters.